The van der Waals surface area contributed by atoms with Gasteiger partial charge in [0, 0.05) is 16.8 Å². The quantitative estimate of drug-likeness (QED) is 0.731. The Balaban J connectivity index is 2.28. The zero-order valence-electron chi connectivity index (χ0n) is 14.7. The molecule has 0 radical (unpaired) electrons. The van der Waals surface area contributed by atoms with Gasteiger partial charge >= 0.3 is 0 Å². The van der Waals surface area contributed by atoms with Crippen molar-refractivity contribution < 1.29 is 19.1 Å². The molecule has 2 amide bonds. The first-order valence-electron chi connectivity index (χ1n) is 8.26. The molecule has 0 atom stereocenters. The van der Waals surface area contributed by atoms with Crippen LogP contribution in [0.25, 0.3) is 0 Å². The molecule has 0 aliphatic carbocycles. The van der Waals surface area contributed by atoms with Gasteiger partial charge in [-0.3, -0.25) is 9.59 Å². The highest BCUT2D eigenvalue weighted by Crippen LogP contribution is 2.37. The third-order valence-corrected chi connectivity index (χ3v) is 3.71. The SMILES string of the molecule is CCCOc1c(Cl)cc(C(=O)Nc2cccc(C(N)=O)c2)cc1OCC. The maximum atomic E-state index is 12.5. The molecule has 7 heteroatoms. The molecule has 0 aliphatic rings. The number of benzene rings is 2. The lowest BCUT2D eigenvalue weighted by Crippen LogP contribution is -2.15. The number of nitrogens with two attached hydrogens (primary N) is 1. The van der Waals surface area contributed by atoms with E-state index >= 15 is 0 Å². The molecule has 0 saturated heterocycles. The number of amides is 2. The lowest BCUT2D eigenvalue weighted by atomic mass is 10.1. The highest BCUT2D eigenvalue weighted by atomic mass is 35.5. The number of anilines is 1. The molecule has 0 unspecified atom stereocenters. The number of rotatable bonds is 8. The largest absolute Gasteiger partial charge is 0.490 e. The molecule has 0 fully saturated rings. The van der Waals surface area contributed by atoms with Gasteiger partial charge in [-0.2, -0.15) is 0 Å². The zero-order chi connectivity index (χ0) is 19.1. The van der Waals surface area contributed by atoms with Crippen LogP contribution in [-0.2, 0) is 0 Å². The van der Waals surface area contributed by atoms with Gasteiger partial charge < -0.3 is 20.5 Å². The number of carbonyl (C=O) groups excluding carboxylic acids is 2. The van der Waals surface area contributed by atoms with Crippen LogP contribution in [0.3, 0.4) is 0 Å². The van der Waals surface area contributed by atoms with Crippen molar-refractivity contribution in [3.8, 4) is 11.5 Å². The molecule has 2 rings (SSSR count). The lowest BCUT2D eigenvalue weighted by molar-refractivity contribution is 0.0996. The second-order valence-corrected chi connectivity index (χ2v) is 5.87. The summed E-state index contributed by atoms with van der Waals surface area (Å²) in [5.74, 6) is -0.135. The average molecular weight is 377 g/mol. The highest BCUT2D eigenvalue weighted by molar-refractivity contribution is 6.32. The van der Waals surface area contributed by atoms with Crippen molar-refractivity contribution in [2.75, 3.05) is 18.5 Å². The summed E-state index contributed by atoms with van der Waals surface area (Å²) in [6, 6.07) is 9.46. The molecule has 26 heavy (non-hydrogen) atoms. The molecule has 2 aromatic carbocycles. The summed E-state index contributed by atoms with van der Waals surface area (Å²) in [5.41, 5.74) is 6.32. The molecule has 0 aromatic heterocycles. The Morgan fingerprint density at radius 1 is 1.12 bits per heavy atom. The van der Waals surface area contributed by atoms with Gasteiger partial charge in [0.1, 0.15) is 0 Å². The maximum Gasteiger partial charge on any atom is 0.255 e. The van der Waals surface area contributed by atoms with Crippen molar-refractivity contribution in [2.45, 2.75) is 20.3 Å². The first-order valence-corrected chi connectivity index (χ1v) is 8.64. The van der Waals surface area contributed by atoms with Crippen LogP contribution in [0.15, 0.2) is 36.4 Å². The molecular formula is C19H21ClN2O4. The van der Waals surface area contributed by atoms with Gasteiger partial charge in [-0.15, -0.1) is 0 Å². The summed E-state index contributed by atoms with van der Waals surface area (Å²) in [5, 5.41) is 3.00. The van der Waals surface area contributed by atoms with Crippen LogP contribution in [0, 0.1) is 0 Å². The van der Waals surface area contributed by atoms with E-state index in [9.17, 15) is 9.59 Å². The Hall–Kier alpha value is -2.73. The fourth-order valence-corrected chi connectivity index (χ4v) is 2.52. The van der Waals surface area contributed by atoms with Gasteiger partial charge in [0.15, 0.2) is 11.5 Å². The predicted molar refractivity (Wildman–Crippen MR) is 101 cm³/mol. The van der Waals surface area contributed by atoms with Crippen molar-refractivity contribution in [1.29, 1.82) is 0 Å². The lowest BCUT2D eigenvalue weighted by Gasteiger charge is -2.15. The fraction of sp³-hybridized carbons (Fsp3) is 0.263. The molecule has 0 heterocycles. The summed E-state index contributed by atoms with van der Waals surface area (Å²) in [6.45, 7) is 4.71. The minimum atomic E-state index is -0.569. The summed E-state index contributed by atoms with van der Waals surface area (Å²) < 4.78 is 11.2. The van der Waals surface area contributed by atoms with Crippen molar-refractivity contribution in [3.05, 3.63) is 52.5 Å². The molecule has 0 bridgehead atoms. The van der Waals surface area contributed by atoms with E-state index in [1.54, 1.807) is 24.3 Å². The normalized spacial score (nSPS) is 10.3. The number of carbonyl (C=O) groups is 2. The van der Waals surface area contributed by atoms with Crippen LogP contribution >= 0.6 is 11.6 Å². The Kier molecular flexibility index (Phi) is 6.86. The first-order chi connectivity index (χ1) is 12.5. The van der Waals surface area contributed by atoms with E-state index in [-0.39, 0.29) is 0 Å². The molecule has 3 N–H and O–H groups in total. The van der Waals surface area contributed by atoms with Gasteiger partial charge in [0.2, 0.25) is 5.91 Å². The van der Waals surface area contributed by atoms with E-state index in [0.29, 0.717) is 46.5 Å². The minimum absolute atomic E-state index is 0.292. The number of nitrogens with one attached hydrogen (secondary N) is 1. The van der Waals surface area contributed by atoms with E-state index in [1.807, 2.05) is 13.8 Å². The molecule has 138 valence electrons. The number of halogens is 1. The highest BCUT2D eigenvalue weighted by Gasteiger charge is 2.17. The monoisotopic (exact) mass is 376 g/mol. The average Bonchev–Trinajstić information content (AvgIpc) is 2.61. The van der Waals surface area contributed by atoms with E-state index in [4.69, 9.17) is 26.8 Å². The molecule has 6 nitrogen and oxygen atoms in total. The zero-order valence-corrected chi connectivity index (χ0v) is 15.4. The maximum absolute atomic E-state index is 12.5. The van der Waals surface area contributed by atoms with Gasteiger partial charge in [-0.05, 0) is 43.7 Å². The Bertz CT molecular complexity index is 808. The molecule has 0 saturated carbocycles. The van der Waals surface area contributed by atoms with Gasteiger partial charge in [-0.1, -0.05) is 24.6 Å². The molecule has 2 aromatic rings. The number of primary amides is 1. The van der Waals surface area contributed by atoms with E-state index < -0.39 is 11.8 Å². The van der Waals surface area contributed by atoms with Crippen LogP contribution in [0.2, 0.25) is 5.02 Å². The van der Waals surface area contributed by atoms with Crippen molar-refractivity contribution >= 4 is 29.1 Å². The van der Waals surface area contributed by atoms with Gasteiger partial charge in [-0.25, -0.2) is 0 Å². The molecule has 0 aliphatic heterocycles. The van der Waals surface area contributed by atoms with Crippen LogP contribution in [0.1, 0.15) is 41.0 Å². The van der Waals surface area contributed by atoms with Crippen molar-refractivity contribution in [3.63, 3.8) is 0 Å². The Labute approximate surface area is 157 Å². The Morgan fingerprint density at radius 2 is 1.88 bits per heavy atom. The smallest absolute Gasteiger partial charge is 0.255 e. The van der Waals surface area contributed by atoms with Crippen LogP contribution in [-0.4, -0.2) is 25.0 Å². The second-order valence-electron chi connectivity index (χ2n) is 5.47. The van der Waals surface area contributed by atoms with E-state index in [2.05, 4.69) is 5.32 Å². The van der Waals surface area contributed by atoms with E-state index in [0.717, 1.165) is 6.42 Å². The summed E-state index contributed by atoms with van der Waals surface area (Å²) in [6.07, 6.45) is 0.820. The van der Waals surface area contributed by atoms with Crippen LogP contribution in [0.5, 0.6) is 11.5 Å². The van der Waals surface area contributed by atoms with Crippen molar-refractivity contribution in [1.82, 2.24) is 0 Å². The fourth-order valence-electron chi connectivity index (χ4n) is 2.26. The van der Waals surface area contributed by atoms with E-state index in [1.165, 1.54) is 12.1 Å². The first kappa shape index (κ1) is 19.6. The van der Waals surface area contributed by atoms with Crippen LogP contribution in [0.4, 0.5) is 5.69 Å². The predicted octanol–water partition coefficient (Wildman–Crippen LogP) is 3.88. The van der Waals surface area contributed by atoms with Crippen LogP contribution < -0.4 is 20.5 Å². The standard InChI is InChI=1S/C19H21ClN2O4/c1-3-8-26-17-15(20)10-13(11-16(17)25-4-2)19(24)22-14-7-5-6-12(9-14)18(21)23/h5-7,9-11H,3-4,8H2,1-2H3,(H2,21,23)(H,22,24). The number of ether oxygens (including phenoxy) is 2. The Morgan fingerprint density at radius 3 is 2.54 bits per heavy atom. The third kappa shape index (κ3) is 4.89. The second kappa shape index (κ2) is 9.10. The number of hydrogen-bond donors (Lipinski definition) is 2. The van der Waals surface area contributed by atoms with Gasteiger partial charge in [0.25, 0.3) is 5.91 Å². The minimum Gasteiger partial charge on any atom is -0.490 e. The van der Waals surface area contributed by atoms with Gasteiger partial charge in [0.05, 0.1) is 18.2 Å². The summed E-state index contributed by atoms with van der Waals surface area (Å²) >= 11 is 6.27. The molecule has 0 spiro atoms. The topological polar surface area (TPSA) is 90.6 Å². The van der Waals surface area contributed by atoms with Crippen molar-refractivity contribution in [2.24, 2.45) is 5.73 Å². The third-order valence-electron chi connectivity index (χ3n) is 3.43. The molecular weight excluding hydrogens is 356 g/mol. The summed E-state index contributed by atoms with van der Waals surface area (Å²) in [4.78, 5) is 23.8. The summed E-state index contributed by atoms with van der Waals surface area (Å²) in [7, 11) is 0. The number of hydrogen-bond acceptors (Lipinski definition) is 4.